The van der Waals surface area contributed by atoms with Crippen LogP contribution in [0.15, 0.2) is 58.8 Å². The average Bonchev–Trinajstić information content (AvgIpc) is 3.20. The summed E-state index contributed by atoms with van der Waals surface area (Å²) in [6.07, 6.45) is 0.640. The van der Waals surface area contributed by atoms with Crippen molar-refractivity contribution >= 4 is 56.2 Å². The van der Waals surface area contributed by atoms with Gasteiger partial charge in [-0.15, -0.1) is 11.3 Å². The molecule has 1 N–H and O–H groups in total. The Kier molecular flexibility index (Phi) is 5.68. The molecule has 5 nitrogen and oxygen atoms in total. The lowest BCUT2D eigenvalue weighted by molar-refractivity contribution is 0.102. The van der Waals surface area contributed by atoms with Crippen LogP contribution in [0.5, 0.6) is 0 Å². The molecule has 1 aliphatic heterocycles. The van der Waals surface area contributed by atoms with Crippen LogP contribution in [0.2, 0.25) is 10.0 Å². The van der Waals surface area contributed by atoms with E-state index in [1.807, 2.05) is 24.3 Å². The summed E-state index contributed by atoms with van der Waals surface area (Å²) >= 11 is 13.1. The molecule has 2 aromatic carbocycles. The van der Waals surface area contributed by atoms with E-state index >= 15 is 0 Å². The van der Waals surface area contributed by atoms with Crippen molar-refractivity contribution in [2.75, 3.05) is 11.9 Å². The Morgan fingerprint density at radius 1 is 1.07 bits per heavy atom. The van der Waals surface area contributed by atoms with Gasteiger partial charge in [-0.05, 0) is 47.2 Å². The van der Waals surface area contributed by atoms with E-state index < -0.39 is 15.9 Å². The van der Waals surface area contributed by atoms with Gasteiger partial charge in [-0.2, -0.15) is 4.31 Å². The molecule has 0 saturated carbocycles. The van der Waals surface area contributed by atoms with Crippen LogP contribution in [0.4, 0.5) is 5.69 Å². The van der Waals surface area contributed by atoms with Gasteiger partial charge < -0.3 is 5.32 Å². The molecule has 0 fully saturated rings. The minimum Gasteiger partial charge on any atom is -0.320 e. The van der Waals surface area contributed by atoms with Gasteiger partial charge in [0.2, 0.25) is 10.0 Å². The van der Waals surface area contributed by atoms with Crippen LogP contribution in [0.3, 0.4) is 0 Å². The van der Waals surface area contributed by atoms with Gasteiger partial charge in [-0.3, -0.25) is 4.79 Å². The van der Waals surface area contributed by atoms with Crippen molar-refractivity contribution in [2.24, 2.45) is 0 Å². The van der Waals surface area contributed by atoms with Crippen molar-refractivity contribution < 1.29 is 13.2 Å². The molecule has 2 heterocycles. The summed E-state index contributed by atoms with van der Waals surface area (Å²) in [5, 5.41) is 4.99. The second-order valence-electron chi connectivity index (χ2n) is 6.55. The van der Waals surface area contributed by atoms with Crippen molar-refractivity contribution in [3.8, 4) is 0 Å². The topological polar surface area (TPSA) is 66.5 Å². The van der Waals surface area contributed by atoms with E-state index in [0.717, 1.165) is 22.5 Å². The lowest BCUT2D eigenvalue weighted by Gasteiger charge is -2.28. The number of halogens is 2. The molecule has 1 aromatic heterocycles. The Morgan fingerprint density at radius 3 is 2.59 bits per heavy atom. The fourth-order valence-electron chi connectivity index (χ4n) is 3.25. The number of carbonyl (C=O) groups is 1. The SMILES string of the molecule is O=C(Nc1ccc(Cl)cc1Cl)c1sccc1S(=O)(=O)N1CCc2ccccc2C1. The van der Waals surface area contributed by atoms with E-state index in [0.29, 0.717) is 30.2 Å². The Hall–Kier alpha value is -1.90. The molecule has 1 aliphatic rings. The first-order chi connectivity index (χ1) is 13.9. The van der Waals surface area contributed by atoms with Gasteiger partial charge in [0.25, 0.3) is 5.91 Å². The number of amides is 1. The smallest absolute Gasteiger partial charge is 0.267 e. The fraction of sp³-hybridized carbons (Fsp3) is 0.150. The lowest BCUT2D eigenvalue weighted by atomic mass is 10.0. The van der Waals surface area contributed by atoms with Gasteiger partial charge in [0.15, 0.2) is 0 Å². The fourth-order valence-corrected chi connectivity index (χ4v) is 6.42. The van der Waals surface area contributed by atoms with Crippen LogP contribution >= 0.6 is 34.5 Å². The molecule has 3 aromatic rings. The first-order valence-electron chi connectivity index (χ1n) is 8.77. The molecule has 0 bridgehead atoms. The molecule has 0 saturated heterocycles. The molecule has 9 heteroatoms. The van der Waals surface area contributed by atoms with Crippen LogP contribution in [0.1, 0.15) is 20.8 Å². The monoisotopic (exact) mass is 466 g/mol. The Balaban J connectivity index is 1.60. The van der Waals surface area contributed by atoms with E-state index in [1.54, 1.807) is 17.5 Å². The zero-order valence-corrected chi connectivity index (χ0v) is 18.2. The van der Waals surface area contributed by atoms with Crippen molar-refractivity contribution in [2.45, 2.75) is 17.9 Å². The number of sulfonamides is 1. The molecule has 0 unspecified atom stereocenters. The highest BCUT2D eigenvalue weighted by molar-refractivity contribution is 7.89. The molecule has 150 valence electrons. The van der Waals surface area contributed by atoms with E-state index in [2.05, 4.69) is 5.32 Å². The maximum absolute atomic E-state index is 13.3. The van der Waals surface area contributed by atoms with Crippen LogP contribution in [-0.4, -0.2) is 25.2 Å². The predicted octanol–water partition coefficient (Wildman–Crippen LogP) is 5.05. The Morgan fingerprint density at radius 2 is 1.83 bits per heavy atom. The first-order valence-corrected chi connectivity index (χ1v) is 11.8. The summed E-state index contributed by atoms with van der Waals surface area (Å²) in [6.45, 7) is 0.664. The van der Waals surface area contributed by atoms with Crippen molar-refractivity contribution in [3.63, 3.8) is 0 Å². The minimum atomic E-state index is -3.82. The highest BCUT2D eigenvalue weighted by atomic mass is 35.5. The summed E-state index contributed by atoms with van der Waals surface area (Å²) in [4.78, 5) is 12.9. The number of rotatable bonds is 4. The van der Waals surface area contributed by atoms with Crippen molar-refractivity contribution in [1.29, 1.82) is 0 Å². The number of fused-ring (bicyclic) bond motifs is 1. The molecule has 0 radical (unpaired) electrons. The van der Waals surface area contributed by atoms with Crippen LogP contribution in [0, 0.1) is 0 Å². The largest absolute Gasteiger partial charge is 0.320 e. The number of benzene rings is 2. The van der Waals surface area contributed by atoms with Crippen LogP contribution < -0.4 is 5.32 Å². The van der Waals surface area contributed by atoms with E-state index in [9.17, 15) is 13.2 Å². The Labute approximate surface area is 182 Å². The highest BCUT2D eigenvalue weighted by Gasteiger charge is 2.32. The average molecular weight is 467 g/mol. The van der Waals surface area contributed by atoms with Crippen molar-refractivity contribution in [3.05, 3.63) is 80.0 Å². The second-order valence-corrected chi connectivity index (χ2v) is 10.2. The lowest BCUT2D eigenvalue weighted by Crippen LogP contribution is -2.36. The van der Waals surface area contributed by atoms with Gasteiger partial charge in [0.05, 0.1) is 10.7 Å². The summed E-state index contributed by atoms with van der Waals surface area (Å²) in [5.74, 6) is -0.528. The third-order valence-corrected chi connectivity index (χ3v) is 8.21. The maximum Gasteiger partial charge on any atom is 0.267 e. The summed E-state index contributed by atoms with van der Waals surface area (Å²) < 4.78 is 27.9. The van der Waals surface area contributed by atoms with E-state index in [-0.39, 0.29) is 14.8 Å². The number of carbonyl (C=O) groups excluding carboxylic acids is 1. The van der Waals surface area contributed by atoms with E-state index in [4.69, 9.17) is 23.2 Å². The number of nitrogens with zero attached hydrogens (tertiary/aromatic N) is 1. The summed E-state index contributed by atoms with van der Waals surface area (Å²) in [7, 11) is -3.82. The molecule has 1 amide bonds. The molecule has 0 atom stereocenters. The molecular weight excluding hydrogens is 451 g/mol. The maximum atomic E-state index is 13.3. The number of nitrogens with one attached hydrogen (secondary N) is 1. The summed E-state index contributed by atoms with van der Waals surface area (Å²) in [5.41, 5.74) is 2.50. The van der Waals surface area contributed by atoms with Crippen molar-refractivity contribution in [1.82, 2.24) is 4.31 Å². The third-order valence-electron chi connectivity index (χ3n) is 4.73. The first kappa shape index (κ1) is 20.4. The molecule has 4 rings (SSSR count). The minimum absolute atomic E-state index is 0.00414. The predicted molar refractivity (Wildman–Crippen MR) is 116 cm³/mol. The normalized spacial score (nSPS) is 14.4. The third kappa shape index (κ3) is 4.06. The molecule has 0 aliphatic carbocycles. The van der Waals surface area contributed by atoms with Crippen LogP contribution in [0.25, 0.3) is 0 Å². The number of hydrogen-bond donors (Lipinski definition) is 1. The van der Waals surface area contributed by atoms with Gasteiger partial charge >= 0.3 is 0 Å². The van der Waals surface area contributed by atoms with Crippen LogP contribution in [-0.2, 0) is 23.0 Å². The number of thiophene rings is 1. The highest BCUT2D eigenvalue weighted by Crippen LogP contribution is 2.31. The van der Waals surface area contributed by atoms with Gasteiger partial charge in [-0.1, -0.05) is 47.5 Å². The second kappa shape index (κ2) is 8.08. The van der Waals surface area contributed by atoms with Gasteiger partial charge in [-0.25, -0.2) is 8.42 Å². The number of hydrogen-bond acceptors (Lipinski definition) is 4. The summed E-state index contributed by atoms with van der Waals surface area (Å²) in [6, 6.07) is 13.9. The quantitative estimate of drug-likeness (QED) is 0.584. The number of anilines is 1. The molecule has 29 heavy (non-hydrogen) atoms. The van der Waals surface area contributed by atoms with Gasteiger partial charge in [0.1, 0.15) is 9.77 Å². The standard InChI is InChI=1S/C20H16Cl2N2O3S2/c21-15-5-6-17(16(22)11-15)23-20(25)19-18(8-10-28-19)29(26,27)24-9-7-13-3-1-2-4-14(13)12-24/h1-6,8,10-11H,7,9,12H2,(H,23,25). The van der Waals surface area contributed by atoms with Gasteiger partial charge in [0, 0.05) is 18.1 Å². The molecular formula is C20H16Cl2N2O3S2. The van der Waals surface area contributed by atoms with E-state index in [1.165, 1.54) is 16.4 Å². The zero-order chi connectivity index (χ0) is 20.6. The zero-order valence-electron chi connectivity index (χ0n) is 15.1. The Bertz CT molecular complexity index is 1190. The molecule has 0 spiro atoms.